The van der Waals surface area contributed by atoms with Gasteiger partial charge in [0.1, 0.15) is 6.54 Å². The Morgan fingerprint density at radius 1 is 1.53 bits per heavy atom. The van der Waals surface area contributed by atoms with Crippen LogP contribution in [-0.4, -0.2) is 33.3 Å². The number of carboxylic acid groups (broad SMARTS) is 1. The second-order valence-corrected chi connectivity index (χ2v) is 4.26. The molecule has 1 aromatic rings. The Labute approximate surface area is 99.6 Å². The molecule has 6 heteroatoms. The van der Waals surface area contributed by atoms with E-state index in [1.165, 1.54) is 17.1 Å². The van der Waals surface area contributed by atoms with Gasteiger partial charge in [0.05, 0.1) is 11.8 Å². The van der Waals surface area contributed by atoms with Crippen molar-refractivity contribution in [1.29, 1.82) is 0 Å². The quantitative estimate of drug-likeness (QED) is 0.767. The Bertz CT molecular complexity index is 398. The highest BCUT2D eigenvalue weighted by Gasteiger charge is 2.09. The number of hydrogen-bond acceptors (Lipinski definition) is 3. The van der Waals surface area contributed by atoms with E-state index in [2.05, 4.69) is 24.3 Å². The smallest absolute Gasteiger partial charge is 0.325 e. The van der Waals surface area contributed by atoms with Gasteiger partial charge in [-0.1, -0.05) is 13.8 Å². The molecule has 0 aliphatic carbocycles. The molecule has 0 spiro atoms. The summed E-state index contributed by atoms with van der Waals surface area (Å²) in [6.07, 6.45) is 3.71. The number of amides is 1. The van der Waals surface area contributed by atoms with Crippen LogP contribution in [0.5, 0.6) is 0 Å². The van der Waals surface area contributed by atoms with Crippen LogP contribution in [0.25, 0.3) is 0 Å². The van der Waals surface area contributed by atoms with Gasteiger partial charge in [-0.3, -0.25) is 14.3 Å². The minimum atomic E-state index is -0.986. The van der Waals surface area contributed by atoms with Crippen LogP contribution in [0.1, 0.15) is 30.6 Å². The zero-order valence-electron chi connectivity index (χ0n) is 10.0. The number of hydrogen-bond donors (Lipinski definition) is 2. The van der Waals surface area contributed by atoms with E-state index >= 15 is 0 Å². The zero-order chi connectivity index (χ0) is 12.8. The molecular weight excluding hydrogens is 222 g/mol. The number of carbonyl (C=O) groups excluding carboxylic acids is 1. The number of carboxylic acids is 1. The Balaban J connectivity index is 2.46. The average Bonchev–Trinajstić information content (AvgIpc) is 2.64. The Kier molecular flexibility index (Phi) is 4.68. The summed E-state index contributed by atoms with van der Waals surface area (Å²) in [5, 5.41) is 15.1. The standard InChI is InChI=1S/C11H17N3O3/c1-8(2)3-4-12-11(17)9-5-13-14(6-9)7-10(15)16/h5-6,8H,3-4,7H2,1-2H3,(H,12,17)(H,15,16). The van der Waals surface area contributed by atoms with E-state index < -0.39 is 5.97 Å². The number of nitrogens with one attached hydrogen (secondary N) is 1. The second-order valence-electron chi connectivity index (χ2n) is 4.26. The molecule has 0 saturated heterocycles. The van der Waals surface area contributed by atoms with Crippen molar-refractivity contribution in [2.45, 2.75) is 26.8 Å². The molecule has 1 amide bonds. The number of carbonyl (C=O) groups is 2. The van der Waals surface area contributed by atoms with Gasteiger partial charge in [-0.25, -0.2) is 0 Å². The predicted molar refractivity (Wildman–Crippen MR) is 61.7 cm³/mol. The van der Waals surface area contributed by atoms with E-state index in [4.69, 9.17) is 5.11 Å². The molecule has 1 aromatic heterocycles. The number of aliphatic carboxylic acids is 1. The summed E-state index contributed by atoms with van der Waals surface area (Å²) >= 11 is 0. The van der Waals surface area contributed by atoms with Crippen molar-refractivity contribution >= 4 is 11.9 Å². The summed E-state index contributed by atoms with van der Waals surface area (Å²) in [6.45, 7) is 4.54. The normalized spacial score (nSPS) is 10.5. The lowest BCUT2D eigenvalue weighted by molar-refractivity contribution is -0.137. The second kappa shape index (κ2) is 6.03. The van der Waals surface area contributed by atoms with Crippen molar-refractivity contribution in [3.05, 3.63) is 18.0 Å². The van der Waals surface area contributed by atoms with Gasteiger partial charge in [0.25, 0.3) is 5.91 Å². The summed E-state index contributed by atoms with van der Waals surface area (Å²) in [6, 6.07) is 0. The molecule has 17 heavy (non-hydrogen) atoms. The molecule has 2 N–H and O–H groups in total. The van der Waals surface area contributed by atoms with Crippen LogP contribution in [0.4, 0.5) is 0 Å². The third-order valence-corrected chi connectivity index (χ3v) is 2.20. The lowest BCUT2D eigenvalue weighted by Crippen LogP contribution is -2.25. The lowest BCUT2D eigenvalue weighted by atomic mass is 10.1. The van der Waals surface area contributed by atoms with Crippen molar-refractivity contribution in [3.8, 4) is 0 Å². The van der Waals surface area contributed by atoms with Gasteiger partial charge in [-0.15, -0.1) is 0 Å². The molecule has 1 heterocycles. The fourth-order valence-corrected chi connectivity index (χ4v) is 1.28. The molecule has 0 saturated carbocycles. The van der Waals surface area contributed by atoms with Gasteiger partial charge in [0, 0.05) is 12.7 Å². The van der Waals surface area contributed by atoms with Gasteiger partial charge in [-0.2, -0.15) is 5.10 Å². The largest absolute Gasteiger partial charge is 0.480 e. The molecule has 0 fully saturated rings. The molecule has 0 aliphatic rings. The fourth-order valence-electron chi connectivity index (χ4n) is 1.28. The minimum absolute atomic E-state index is 0.220. The van der Waals surface area contributed by atoms with Gasteiger partial charge >= 0.3 is 5.97 Å². The summed E-state index contributed by atoms with van der Waals surface area (Å²) < 4.78 is 1.22. The average molecular weight is 239 g/mol. The first kappa shape index (κ1) is 13.2. The predicted octanol–water partition coefficient (Wildman–Crippen LogP) is 0.744. The van der Waals surface area contributed by atoms with E-state index in [1.807, 2.05) is 0 Å². The topological polar surface area (TPSA) is 84.2 Å². The van der Waals surface area contributed by atoms with Crippen molar-refractivity contribution in [2.75, 3.05) is 6.54 Å². The van der Waals surface area contributed by atoms with Crippen molar-refractivity contribution in [3.63, 3.8) is 0 Å². The lowest BCUT2D eigenvalue weighted by Gasteiger charge is -2.05. The molecule has 0 aromatic carbocycles. The number of nitrogens with zero attached hydrogens (tertiary/aromatic N) is 2. The summed E-state index contributed by atoms with van der Waals surface area (Å²) in [5.41, 5.74) is 0.384. The molecule has 0 atom stereocenters. The Hall–Kier alpha value is -1.85. The zero-order valence-corrected chi connectivity index (χ0v) is 10.0. The van der Waals surface area contributed by atoms with E-state index in [1.54, 1.807) is 0 Å². The maximum atomic E-state index is 11.6. The van der Waals surface area contributed by atoms with Gasteiger partial charge in [0.15, 0.2) is 0 Å². The fraction of sp³-hybridized carbons (Fsp3) is 0.545. The number of aromatic nitrogens is 2. The maximum Gasteiger partial charge on any atom is 0.325 e. The first-order chi connectivity index (χ1) is 7.99. The van der Waals surface area contributed by atoms with E-state index in [0.29, 0.717) is 18.0 Å². The van der Waals surface area contributed by atoms with Crippen molar-refractivity contribution in [2.24, 2.45) is 5.92 Å². The Morgan fingerprint density at radius 3 is 2.82 bits per heavy atom. The van der Waals surface area contributed by atoms with E-state index in [9.17, 15) is 9.59 Å². The van der Waals surface area contributed by atoms with Crippen molar-refractivity contribution < 1.29 is 14.7 Å². The van der Waals surface area contributed by atoms with Crippen LogP contribution in [0, 0.1) is 5.92 Å². The maximum absolute atomic E-state index is 11.6. The van der Waals surface area contributed by atoms with E-state index in [-0.39, 0.29) is 12.5 Å². The minimum Gasteiger partial charge on any atom is -0.480 e. The third-order valence-electron chi connectivity index (χ3n) is 2.20. The highest BCUT2D eigenvalue weighted by Crippen LogP contribution is 2.00. The van der Waals surface area contributed by atoms with Gasteiger partial charge in [0.2, 0.25) is 0 Å². The summed E-state index contributed by atoms with van der Waals surface area (Å²) in [5.74, 6) is -0.674. The van der Waals surface area contributed by atoms with Crippen LogP contribution < -0.4 is 5.32 Å². The monoisotopic (exact) mass is 239 g/mol. The first-order valence-corrected chi connectivity index (χ1v) is 5.51. The highest BCUT2D eigenvalue weighted by molar-refractivity contribution is 5.93. The molecule has 0 radical (unpaired) electrons. The van der Waals surface area contributed by atoms with Crippen LogP contribution >= 0.6 is 0 Å². The van der Waals surface area contributed by atoms with Gasteiger partial charge < -0.3 is 10.4 Å². The van der Waals surface area contributed by atoms with Crippen molar-refractivity contribution in [1.82, 2.24) is 15.1 Å². The summed E-state index contributed by atoms with van der Waals surface area (Å²) in [7, 11) is 0. The number of rotatable bonds is 6. The third kappa shape index (κ3) is 4.67. The Morgan fingerprint density at radius 2 is 2.24 bits per heavy atom. The summed E-state index contributed by atoms with van der Waals surface area (Å²) in [4.78, 5) is 22.0. The molecule has 94 valence electrons. The highest BCUT2D eigenvalue weighted by atomic mass is 16.4. The molecule has 1 rings (SSSR count). The van der Waals surface area contributed by atoms with Crippen LogP contribution in [0.2, 0.25) is 0 Å². The molecular formula is C11H17N3O3. The molecule has 0 bridgehead atoms. The van der Waals surface area contributed by atoms with Gasteiger partial charge in [-0.05, 0) is 12.3 Å². The first-order valence-electron chi connectivity index (χ1n) is 5.51. The molecule has 6 nitrogen and oxygen atoms in total. The molecule has 0 unspecified atom stereocenters. The van der Waals surface area contributed by atoms with E-state index in [0.717, 1.165) is 6.42 Å². The molecule has 0 aliphatic heterocycles. The SMILES string of the molecule is CC(C)CCNC(=O)c1cnn(CC(=O)O)c1. The van der Waals surface area contributed by atoms with Crippen LogP contribution in [0.3, 0.4) is 0 Å². The van der Waals surface area contributed by atoms with Crippen LogP contribution in [0.15, 0.2) is 12.4 Å². The van der Waals surface area contributed by atoms with Crippen LogP contribution in [-0.2, 0) is 11.3 Å².